The first-order valence-corrected chi connectivity index (χ1v) is 8.83. The highest BCUT2D eigenvalue weighted by molar-refractivity contribution is 5.78. The summed E-state index contributed by atoms with van der Waals surface area (Å²) in [4.78, 5) is 28.1. The van der Waals surface area contributed by atoms with E-state index >= 15 is 0 Å². The average Bonchev–Trinajstić information content (AvgIpc) is 2.81. The van der Waals surface area contributed by atoms with Gasteiger partial charge in [-0.15, -0.1) is 0 Å². The number of amides is 2. The SMILES string of the molecule is CC(C)(C)OC(=O)N1CCCN(CC(=O)NC2CCCC2)CC1. The average molecular weight is 325 g/mol. The molecule has 1 aliphatic heterocycles. The van der Waals surface area contributed by atoms with Crippen molar-refractivity contribution < 1.29 is 14.3 Å². The van der Waals surface area contributed by atoms with E-state index < -0.39 is 5.60 Å². The van der Waals surface area contributed by atoms with Gasteiger partial charge in [0, 0.05) is 32.2 Å². The molecule has 23 heavy (non-hydrogen) atoms. The number of hydrogen-bond acceptors (Lipinski definition) is 4. The van der Waals surface area contributed by atoms with Crippen LogP contribution < -0.4 is 5.32 Å². The number of carbonyl (C=O) groups is 2. The van der Waals surface area contributed by atoms with Crippen LogP contribution in [-0.4, -0.2) is 66.2 Å². The molecule has 1 saturated heterocycles. The molecule has 0 unspecified atom stereocenters. The molecule has 0 bridgehead atoms. The van der Waals surface area contributed by atoms with Gasteiger partial charge in [0.15, 0.2) is 0 Å². The van der Waals surface area contributed by atoms with E-state index in [1.807, 2.05) is 20.8 Å². The lowest BCUT2D eigenvalue weighted by Gasteiger charge is -2.26. The Bertz CT molecular complexity index is 414. The zero-order chi connectivity index (χ0) is 16.9. The summed E-state index contributed by atoms with van der Waals surface area (Å²) >= 11 is 0. The van der Waals surface area contributed by atoms with Gasteiger partial charge in [-0.05, 0) is 40.0 Å². The van der Waals surface area contributed by atoms with Crippen molar-refractivity contribution in [2.45, 2.75) is 64.5 Å². The number of rotatable bonds is 3. The molecule has 0 aromatic rings. The normalized spacial score (nSPS) is 21.1. The number of hydrogen-bond donors (Lipinski definition) is 1. The lowest BCUT2D eigenvalue weighted by molar-refractivity contribution is -0.122. The fraction of sp³-hybridized carbons (Fsp3) is 0.882. The van der Waals surface area contributed by atoms with Crippen LogP contribution in [0.3, 0.4) is 0 Å². The van der Waals surface area contributed by atoms with E-state index in [1.165, 1.54) is 12.8 Å². The van der Waals surface area contributed by atoms with Crippen LogP contribution in [0.15, 0.2) is 0 Å². The van der Waals surface area contributed by atoms with E-state index in [0.717, 1.165) is 32.4 Å². The molecule has 1 heterocycles. The summed E-state index contributed by atoms with van der Waals surface area (Å²) in [6.45, 7) is 8.93. The van der Waals surface area contributed by atoms with E-state index in [-0.39, 0.29) is 12.0 Å². The Morgan fingerprint density at radius 2 is 1.74 bits per heavy atom. The minimum Gasteiger partial charge on any atom is -0.444 e. The summed E-state index contributed by atoms with van der Waals surface area (Å²) in [5.41, 5.74) is -0.468. The molecule has 6 nitrogen and oxygen atoms in total. The number of carbonyl (C=O) groups excluding carboxylic acids is 2. The van der Waals surface area contributed by atoms with Gasteiger partial charge < -0.3 is 15.0 Å². The third-order valence-corrected chi connectivity index (χ3v) is 4.33. The largest absolute Gasteiger partial charge is 0.444 e. The first kappa shape index (κ1) is 18.0. The molecule has 0 spiro atoms. The van der Waals surface area contributed by atoms with Crippen molar-refractivity contribution in [3.8, 4) is 0 Å². The molecule has 1 N–H and O–H groups in total. The second kappa shape index (κ2) is 7.99. The van der Waals surface area contributed by atoms with Crippen LogP contribution in [0.2, 0.25) is 0 Å². The first-order chi connectivity index (χ1) is 10.8. The molecule has 1 saturated carbocycles. The predicted molar refractivity (Wildman–Crippen MR) is 89.3 cm³/mol. The maximum Gasteiger partial charge on any atom is 0.410 e. The summed E-state index contributed by atoms with van der Waals surface area (Å²) in [6, 6.07) is 0.368. The third-order valence-electron chi connectivity index (χ3n) is 4.33. The molecule has 6 heteroatoms. The monoisotopic (exact) mass is 325 g/mol. The third kappa shape index (κ3) is 6.37. The van der Waals surface area contributed by atoms with Gasteiger partial charge in [0.1, 0.15) is 5.60 Å². The molecule has 132 valence electrons. The Morgan fingerprint density at radius 3 is 2.39 bits per heavy atom. The van der Waals surface area contributed by atoms with Crippen LogP contribution in [0.5, 0.6) is 0 Å². The lowest BCUT2D eigenvalue weighted by atomic mass is 10.2. The summed E-state index contributed by atoms with van der Waals surface area (Å²) in [7, 11) is 0. The standard InChI is InChI=1S/C17H31N3O3/c1-17(2,3)23-16(22)20-10-6-9-19(11-12-20)13-15(21)18-14-7-4-5-8-14/h14H,4-13H2,1-3H3,(H,18,21). The van der Waals surface area contributed by atoms with Gasteiger partial charge in [0.05, 0.1) is 6.54 Å². The van der Waals surface area contributed by atoms with Crippen LogP contribution >= 0.6 is 0 Å². The number of ether oxygens (including phenoxy) is 1. The van der Waals surface area contributed by atoms with Crippen molar-refractivity contribution in [3.63, 3.8) is 0 Å². The molecule has 0 aromatic carbocycles. The highest BCUT2D eigenvalue weighted by Crippen LogP contribution is 2.17. The van der Waals surface area contributed by atoms with E-state index in [2.05, 4.69) is 10.2 Å². The lowest BCUT2D eigenvalue weighted by Crippen LogP contribution is -2.43. The quantitative estimate of drug-likeness (QED) is 0.862. The van der Waals surface area contributed by atoms with Crippen molar-refractivity contribution in [1.82, 2.24) is 15.1 Å². The fourth-order valence-corrected chi connectivity index (χ4v) is 3.18. The van der Waals surface area contributed by atoms with Crippen molar-refractivity contribution in [1.29, 1.82) is 0 Å². The highest BCUT2D eigenvalue weighted by Gasteiger charge is 2.25. The zero-order valence-corrected chi connectivity index (χ0v) is 14.8. The van der Waals surface area contributed by atoms with E-state index in [9.17, 15) is 9.59 Å². The topological polar surface area (TPSA) is 61.9 Å². The fourth-order valence-electron chi connectivity index (χ4n) is 3.18. The van der Waals surface area contributed by atoms with Crippen LogP contribution in [0.1, 0.15) is 52.9 Å². The Labute approximate surface area is 139 Å². The molecule has 2 amide bonds. The second-order valence-electron chi connectivity index (χ2n) is 7.65. The number of nitrogens with one attached hydrogen (secondary N) is 1. The molecule has 2 aliphatic rings. The zero-order valence-electron chi connectivity index (χ0n) is 14.8. The molecule has 1 aliphatic carbocycles. The molecule has 0 atom stereocenters. The predicted octanol–water partition coefficient (Wildman–Crippen LogP) is 1.99. The molecular formula is C17H31N3O3. The van der Waals surface area contributed by atoms with Crippen molar-refractivity contribution in [2.24, 2.45) is 0 Å². The first-order valence-electron chi connectivity index (χ1n) is 8.83. The highest BCUT2D eigenvalue weighted by atomic mass is 16.6. The molecule has 2 rings (SSSR count). The van der Waals surface area contributed by atoms with Crippen LogP contribution in [0.4, 0.5) is 4.79 Å². The molecular weight excluding hydrogens is 294 g/mol. The Hall–Kier alpha value is -1.30. The van der Waals surface area contributed by atoms with E-state index in [0.29, 0.717) is 25.7 Å². The summed E-state index contributed by atoms with van der Waals surface area (Å²) in [6.07, 6.45) is 5.28. The maximum atomic E-state index is 12.1. The maximum absolute atomic E-state index is 12.1. The minimum atomic E-state index is -0.468. The Balaban J connectivity index is 1.74. The van der Waals surface area contributed by atoms with Crippen LogP contribution in [0, 0.1) is 0 Å². The summed E-state index contributed by atoms with van der Waals surface area (Å²) in [5.74, 6) is 0.114. The van der Waals surface area contributed by atoms with Crippen LogP contribution in [-0.2, 0) is 9.53 Å². The van der Waals surface area contributed by atoms with Gasteiger partial charge in [-0.3, -0.25) is 9.69 Å². The molecule has 2 fully saturated rings. The van der Waals surface area contributed by atoms with Crippen molar-refractivity contribution in [3.05, 3.63) is 0 Å². The summed E-state index contributed by atoms with van der Waals surface area (Å²) in [5, 5.41) is 3.13. The van der Waals surface area contributed by atoms with Gasteiger partial charge in [-0.1, -0.05) is 12.8 Å². The van der Waals surface area contributed by atoms with Gasteiger partial charge in [0.2, 0.25) is 5.91 Å². The van der Waals surface area contributed by atoms with Gasteiger partial charge in [0.25, 0.3) is 0 Å². The Kier molecular flexibility index (Phi) is 6.27. The van der Waals surface area contributed by atoms with Crippen molar-refractivity contribution >= 4 is 12.0 Å². The number of nitrogens with zero attached hydrogens (tertiary/aromatic N) is 2. The minimum absolute atomic E-state index is 0.114. The van der Waals surface area contributed by atoms with E-state index in [1.54, 1.807) is 4.90 Å². The van der Waals surface area contributed by atoms with Crippen LogP contribution in [0.25, 0.3) is 0 Å². The molecule has 0 aromatic heterocycles. The second-order valence-corrected chi connectivity index (χ2v) is 7.65. The Morgan fingerprint density at radius 1 is 1.04 bits per heavy atom. The van der Waals surface area contributed by atoms with Gasteiger partial charge in [-0.2, -0.15) is 0 Å². The summed E-state index contributed by atoms with van der Waals surface area (Å²) < 4.78 is 5.43. The van der Waals surface area contributed by atoms with Crippen molar-refractivity contribution in [2.75, 3.05) is 32.7 Å². The molecule has 0 radical (unpaired) electrons. The van der Waals surface area contributed by atoms with Gasteiger partial charge >= 0.3 is 6.09 Å². The van der Waals surface area contributed by atoms with Gasteiger partial charge in [-0.25, -0.2) is 4.79 Å². The van der Waals surface area contributed by atoms with E-state index in [4.69, 9.17) is 4.74 Å². The smallest absolute Gasteiger partial charge is 0.410 e.